The third-order valence-electron chi connectivity index (χ3n) is 4.83. The first kappa shape index (κ1) is 24.4. The molecule has 33 heavy (non-hydrogen) atoms. The van der Waals surface area contributed by atoms with E-state index in [0.717, 1.165) is 24.3 Å². The summed E-state index contributed by atoms with van der Waals surface area (Å²) in [4.78, 5) is 12.6. The van der Waals surface area contributed by atoms with Crippen LogP contribution < -0.4 is 5.32 Å². The zero-order chi connectivity index (χ0) is 24.8. The molecule has 0 aliphatic heterocycles. The maximum absolute atomic E-state index is 13.5. The number of hydrogen-bond donors (Lipinski definition) is 2. The van der Waals surface area contributed by atoms with Crippen molar-refractivity contribution in [1.82, 2.24) is 0 Å². The van der Waals surface area contributed by atoms with Crippen molar-refractivity contribution in [3.63, 3.8) is 0 Å². The quantitative estimate of drug-likeness (QED) is 0.424. The zero-order valence-corrected chi connectivity index (χ0v) is 16.0. The number of fused-ring (bicyclic) bond motifs is 1. The molecule has 176 valence electrons. The summed E-state index contributed by atoms with van der Waals surface area (Å²) in [5.41, 5.74) is -10.1. The van der Waals surface area contributed by atoms with Crippen molar-refractivity contribution in [1.29, 1.82) is 0 Å². The molecule has 0 aliphatic carbocycles. The van der Waals surface area contributed by atoms with Crippen LogP contribution in [0.4, 0.5) is 45.2 Å². The van der Waals surface area contributed by atoms with Gasteiger partial charge < -0.3 is 10.4 Å². The molecular weight excluding hydrogens is 469 g/mol. The van der Waals surface area contributed by atoms with Gasteiger partial charge in [-0.3, -0.25) is 4.79 Å². The van der Waals surface area contributed by atoms with Crippen molar-refractivity contribution >= 4 is 22.4 Å². The van der Waals surface area contributed by atoms with Gasteiger partial charge in [-0.2, -0.15) is 39.5 Å². The van der Waals surface area contributed by atoms with E-state index in [0.29, 0.717) is 18.2 Å². The minimum atomic E-state index is -6.25. The van der Waals surface area contributed by atoms with E-state index in [1.807, 2.05) is 5.32 Å². The number of halogens is 9. The summed E-state index contributed by atoms with van der Waals surface area (Å²) in [5, 5.41) is 11.5. The van der Waals surface area contributed by atoms with Crippen LogP contribution >= 0.6 is 0 Å². The van der Waals surface area contributed by atoms with E-state index in [4.69, 9.17) is 0 Å². The lowest BCUT2D eigenvalue weighted by molar-refractivity contribution is -0.375. The summed E-state index contributed by atoms with van der Waals surface area (Å²) < 4.78 is 120. The topological polar surface area (TPSA) is 49.3 Å². The summed E-state index contributed by atoms with van der Waals surface area (Å²) >= 11 is 0. The van der Waals surface area contributed by atoms with E-state index in [2.05, 4.69) is 0 Å². The molecule has 0 spiro atoms. The fraction of sp³-hybridized carbons (Fsp3) is 0.190. The highest BCUT2D eigenvalue weighted by atomic mass is 19.4. The van der Waals surface area contributed by atoms with Crippen LogP contribution in [0.3, 0.4) is 0 Å². The molecule has 1 amide bonds. The fourth-order valence-electron chi connectivity index (χ4n) is 3.20. The normalized spacial score (nSPS) is 13.3. The number of amides is 1. The third-order valence-corrected chi connectivity index (χ3v) is 4.83. The van der Waals surface area contributed by atoms with Gasteiger partial charge in [0.2, 0.25) is 0 Å². The zero-order valence-electron chi connectivity index (χ0n) is 16.0. The van der Waals surface area contributed by atoms with Crippen LogP contribution in [0.15, 0.2) is 60.7 Å². The summed E-state index contributed by atoms with van der Waals surface area (Å²) in [6.45, 7) is 0. The van der Waals surface area contributed by atoms with Crippen LogP contribution in [0.25, 0.3) is 10.8 Å². The van der Waals surface area contributed by atoms with E-state index in [9.17, 15) is 49.4 Å². The van der Waals surface area contributed by atoms with Crippen molar-refractivity contribution in [2.75, 3.05) is 5.32 Å². The highest BCUT2D eigenvalue weighted by Crippen LogP contribution is 2.53. The van der Waals surface area contributed by atoms with Gasteiger partial charge in [0.1, 0.15) is 0 Å². The molecule has 0 saturated heterocycles. The Labute approximate surface area is 179 Å². The van der Waals surface area contributed by atoms with Gasteiger partial charge in [-0.15, -0.1) is 0 Å². The van der Waals surface area contributed by atoms with Crippen LogP contribution in [0.5, 0.6) is 0 Å². The monoisotopic (exact) mass is 481 g/mol. The Hall–Kier alpha value is -3.28. The standard InChI is InChI=1S/C21H12F9NO2/c22-19(23,24)13-6-3-5-12(10-13)17(32)31-16-14-7-2-1-4-11(14)8-9-15(16)18(33,20(25,26)27)21(28,29)30/h1-10,33H,(H,31,32). The van der Waals surface area contributed by atoms with Crippen molar-refractivity contribution in [3.05, 3.63) is 77.4 Å². The first-order valence-corrected chi connectivity index (χ1v) is 8.94. The molecule has 0 aliphatic rings. The fourth-order valence-corrected chi connectivity index (χ4v) is 3.20. The highest BCUT2D eigenvalue weighted by molar-refractivity contribution is 6.10. The van der Waals surface area contributed by atoms with Gasteiger partial charge in [0.05, 0.1) is 11.3 Å². The maximum Gasteiger partial charge on any atom is 0.430 e. The molecular formula is C21H12F9NO2. The number of nitrogens with one attached hydrogen (secondary N) is 1. The Balaban J connectivity index is 2.23. The predicted molar refractivity (Wildman–Crippen MR) is 99.4 cm³/mol. The molecule has 0 heterocycles. The molecule has 0 unspecified atom stereocenters. The summed E-state index contributed by atoms with van der Waals surface area (Å²) in [5.74, 6) is -1.41. The minimum absolute atomic E-state index is 0.104. The number of alkyl halides is 9. The second kappa shape index (κ2) is 7.94. The lowest BCUT2D eigenvalue weighted by atomic mass is 9.88. The number of anilines is 1. The van der Waals surface area contributed by atoms with Crippen molar-refractivity contribution in [2.24, 2.45) is 0 Å². The van der Waals surface area contributed by atoms with Gasteiger partial charge in [0.15, 0.2) is 0 Å². The Morgan fingerprint density at radius 2 is 1.36 bits per heavy atom. The minimum Gasteiger partial charge on any atom is -0.369 e. The van der Waals surface area contributed by atoms with Crippen molar-refractivity contribution in [2.45, 2.75) is 24.1 Å². The van der Waals surface area contributed by atoms with E-state index in [-0.39, 0.29) is 10.8 Å². The lowest BCUT2D eigenvalue weighted by Crippen LogP contribution is -2.54. The number of rotatable bonds is 3. The molecule has 3 aromatic rings. The van der Waals surface area contributed by atoms with Crippen LogP contribution in [0.1, 0.15) is 21.5 Å². The maximum atomic E-state index is 13.5. The summed E-state index contributed by atoms with van der Waals surface area (Å²) in [6, 6.07) is 9.09. The van der Waals surface area contributed by atoms with Gasteiger partial charge in [-0.25, -0.2) is 0 Å². The van der Waals surface area contributed by atoms with Crippen LogP contribution in [0, 0.1) is 0 Å². The van der Waals surface area contributed by atoms with E-state index >= 15 is 0 Å². The Morgan fingerprint density at radius 3 is 1.94 bits per heavy atom. The highest BCUT2D eigenvalue weighted by Gasteiger charge is 2.72. The second-order valence-electron chi connectivity index (χ2n) is 6.95. The Morgan fingerprint density at radius 1 is 0.758 bits per heavy atom. The number of carbonyl (C=O) groups is 1. The molecule has 0 fully saturated rings. The number of hydrogen-bond acceptors (Lipinski definition) is 2. The molecule has 2 N–H and O–H groups in total. The number of benzene rings is 3. The van der Waals surface area contributed by atoms with E-state index < -0.39 is 52.4 Å². The van der Waals surface area contributed by atoms with E-state index in [1.54, 1.807) is 0 Å². The van der Waals surface area contributed by atoms with Crippen LogP contribution in [-0.2, 0) is 11.8 Å². The lowest BCUT2D eigenvalue weighted by Gasteiger charge is -2.34. The number of aliphatic hydroxyl groups is 1. The molecule has 0 radical (unpaired) electrons. The molecule has 0 saturated carbocycles. The van der Waals surface area contributed by atoms with Gasteiger partial charge >= 0.3 is 18.5 Å². The van der Waals surface area contributed by atoms with Gasteiger partial charge in [0, 0.05) is 16.5 Å². The van der Waals surface area contributed by atoms with Crippen molar-refractivity contribution < 1.29 is 49.4 Å². The van der Waals surface area contributed by atoms with Gasteiger partial charge in [-0.05, 0) is 23.6 Å². The van der Waals surface area contributed by atoms with Gasteiger partial charge in [-0.1, -0.05) is 42.5 Å². The molecule has 3 rings (SSSR count). The molecule has 0 atom stereocenters. The molecule has 3 nitrogen and oxygen atoms in total. The largest absolute Gasteiger partial charge is 0.430 e. The summed E-state index contributed by atoms with van der Waals surface area (Å²) in [7, 11) is 0. The smallest absolute Gasteiger partial charge is 0.369 e. The second-order valence-corrected chi connectivity index (χ2v) is 6.95. The van der Waals surface area contributed by atoms with Crippen LogP contribution in [0.2, 0.25) is 0 Å². The predicted octanol–water partition coefficient (Wildman–Crippen LogP) is 6.42. The molecule has 0 aromatic heterocycles. The SMILES string of the molecule is O=C(Nc1c(C(O)(C(F)(F)F)C(F)(F)F)ccc2ccccc12)c1cccc(C(F)(F)F)c1. The number of carbonyl (C=O) groups excluding carboxylic acids is 1. The van der Waals surface area contributed by atoms with Gasteiger partial charge in [0.25, 0.3) is 11.5 Å². The Bertz CT molecular complexity index is 1180. The first-order chi connectivity index (χ1) is 15.1. The van der Waals surface area contributed by atoms with E-state index in [1.165, 1.54) is 18.2 Å². The van der Waals surface area contributed by atoms with Crippen LogP contribution in [-0.4, -0.2) is 23.4 Å². The average molecular weight is 481 g/mol. The molecule has 3 aromatic carbocycles. The molecule has 0 bridgehead atoms. The first-order valence-electron chi connectivity index (χ1n) is 8.94. The Kier molecular flexibility index (Phi) is 5.86. The summed E-state index contributed by atoms with van der Waals surface area (Å²) in [6.07, 6.45) is -17.3. The molecule has 12 heteroatoms. The van der Waals surface area contributed by atoms with Crippen molar-refractivity contribution in [3.8, 4) is 0 Å². The average Bonchev–Trinajstić information content (AvgIpc) is 2.71. The third kappa shape index (κ3) is 4.34.